The molecule has 1 saturated heterocycles. The summed E-state index contributed by atoms with van der Waals surface area (Å²) >= 11 is 1.50. The summed E-state index contributed by atoms with van der Waals surface area (Å²) in [4.78, 5) is 26.3. The predicted octanol–water partition coefficient (Wildman–Crippen LogP) is 3.94. The lowest BCUT2D eigenvalue weighted by atomic mass is 9.96. The average Bonchev–Trinajstić information content (AvgIpc) is 3.08. The molecule has 3 amide bonds. The maximum Gasteiger partial charge on any atom is 0.322 e. The summed E-state index contributed by atoms with van der Waals surface area (Å²) in [5.74, 6) is -0.00443. The number of piperidine rings is 1. The maximum absolute atomic E-state index is 12.4. The number of amides is 3. The topological polar surface area (TPSA) is 61.4 Å². The van der Waals surface area contributed by atoms with Gasteiger partial charge in [0.15, 0.2) is 0 Å². The van der Waals surface area contributed by atoms with Crippen molar-refractivity contribution in [3.05, 3.63) is 47.3 Å². The molecular weight excluding hydrogens is 322 g/mol. The van der Waals surface area contributed by atoms with Crippen LogP contribution in [0.4, 0.5) is 15.5 Å². The summed E-state index contributed by atoms with van der Waals surface area (Å²) in [5, 5.41) is 8.64. The van der Waals surface area contributed by atoms with Crippen LogP contribution in [0.15, 0.2) is 41.8 Å². The van der Waals surface area contributed by atoms with Crippen molar-refractivity contribution in [2.45, 2.75) is 19.8 Å². The van der Waals surface area contributed by atoms with E-state index in [4.69, 9.17) is 0 Å². The van der Waals surface area contributed by atoms with Crippen LogP contribution in [-0.4, -0.2) is 29.9 Å². The van der Waals surface area contributed by atoms with Crippen LogP contribution >= 0.6 is 11.3 Å². The van der Waals surface area contributed by atoms with E-state index in [2.05, 4.69) is 10.6 Å². The number of carbonyl (C=O) groups excluding carboxylic acids is 2. The summed E-state index contributed by atoms with van der Waals surface area (Å²) in [6.07, 6.45) is 1.38. The molecule has 0 atom stereocenters. The fourth-order valence-corrected chi connectivity index (χ4v) is 3.45. The molecule has 1 aliphatic rings. The normalized spacial score (nSPS) is 15.1. The lowest BCUT2D eigenvalue weighted by Crippen LogP contribution is -2.43. The van der Waals surface area contributed by atoms with Crippen molar-refractivity contribution >= 4 is 34.0 Å². The Hall–Kier alpha value is -2.34. The first-order valence-electron chi connectivity index (χ1n) is 8.09. The van der Waals surface area contributed by atoms with E-state index < -0.39 is 0 Å². The van der Waals surface area contributed by atoms with Crippen molar-refractivity contribution in [2.24, 2.45) is 5.92 Å². The first kappa shape index (κ1) is 16.5. The van der Waals surface area contributed by atoms with Crippen LogP contribution in [0.25, 0.3) is 0 Å². The van der Waals surface area contributed by atoms with Gasteiger partial charge < -0.3 is 10.2 Å². The molecule has 0 aliphatic carbocycles. The third-order valence-corrected chi connectivity index (χ3v) is 4.98. The monoisotopic (exact) mass is 343 g/mol. The highest BCUT2D eigenvalue weighted by Crippen LogP contribution is 2.22. The van der Waals surface area contributed by atoms with Gasteiger partial charge in [0, 0.05) is 24.7 Å². The van der Waals surface area contributed by atoms with Gasteiger partial charge in [0.1, 0.15) is 0 Å². The lowest BCUT2D eigenvalue weighted by Gasteiger charge is -2.31. The molecule has 2 N–H and O–H groups in total. The largest absolute Gasteiger partial charge is 0.326 e. The smallest absolute Gasteiger partial charge is 0.322 e. The number of hydrogen-bond donors (Lipinski definition) is 2. The molecule has 5 nitrogen and oxygen atoms in total. The minimum atomic E-state index is -0.0880. The van der Waals surface area contributed by atoms with Crippen molar-refractivity contribution < 1.29 is 9.59 Å². The average molecular weight is 343 g/mol. The highest BCUT2D eigenvalue weighted by atomic mass is 32.1. The molecule has 126 valence electrons. The number of thiophene rings is 1. The Labute approximate surface area is 145 Å². The van der Waals surface area contributed by atoms with Gasteiger partial charge in [0.25, 0.3) is 0 Å². The number of carbonyl (C=O) groups is 2. The first-order chi connectivity index (χ1) is 11.6. The minimum absolute atomic E-state index is 0.0407. The van der Waals surface area contributed by atoms with E-state index in [1.165, 1.54) is 11.3 Å². The number of rotatable bonds is 3. The third kappa shape index (κ3) is 4.14. The van der Waals surface area contributed by atoms with Gasteiger partial charge in [-0.3, -0.25) is 10.1 Å². The molecule has 2 aromatic rings. The Morgan fingerprint density at radius 2 is 1.92 bits per heavy atom. The maximum atomic E-state index is 12.4. The second-order valence-corrected chi connectivity index (χ2v) is 6.98. The quantitative estimate of drug-likeness (QED) is 0.887. The van der Waals surface area contributed by atoms with Crippen molar-refractivity contribution in [3.8, 4) is 0 Å². The number of urea groups is 1. The van der Waals surface area contributed by atoms with Crippen LogP contribution < -0.4 is 10.6 Å². The summed E-state index contributed by atoms with van der Waals surface area (Å²) in [6, 6.07) is 11.5. The molecule has 0 radical (unpaired) electrons. The van der Waals surface area contributed by atoms with Crippen LogP contribution in [0.1, 0.15) is 18.4 Å². The Kier molecular flexibility index (Phi) is 5.15. The van der Waals surface area contributed by atoms with Gasteiger partial charge in [0.05, 0.1) is 5.00 Å². The second-order valence-electron chi connectivity index (χ2n) is 6.03. The van der Waals surface area contributed by atoms with Crippen LogP contribution in [-0.2, 0) is 4.79 Å². The molecule has 0 unspecified atom stereocenters. The van der Waals surface area contributed by atoms with E-state index in [0.29, 0.717) is 25.9 Å². The van der Waals surface area contributed by atoms with Gasteiger partial charge in [-0.1, -0.05) is 12.1 Å². The number of likely N-dealkylation sites (tertiary alicyclic amines) is 1. The zero-order valence-electron chi connectivity index (χ0n) is 13.6. The molecular formula is C18H21N3O2S. The summed E-state index contributed by atoms with van der Waals surface area (Å²) < 4.78 is 0. The SMILES string of the molecule is Cc1cccc(NC(=O)C2CCN(C(=O)Nc3cccs3)CC2)c1. The molecule has 24 heavy (non-hydrogen) atoms. The van der Waals surface area contributed by atoms with Gasteiger partial charge in [-0.2, -0.15) is 0 Å². The summed E-state index contributed by atoms with van der Waals surface area (Å²) in [5.41, 5.74) is 1.95. The lowest BCUT2D eigenvalue weighted by molar-refractivity contribution is -0.121. The van der Waals surface area contributed by atoms with E-state index in [9.17, 15) is 9.59 Å². The molecule has 6 heteroatoms. The molecule has 0 saturated carbocycles. The highest BCUT2D eigenvalue weighted by molar-refractivity contribution is 7.14. The van der Waals surface area contributed by atoms with Crippen molar-refractivity contribution in [1.82, 2.24) is 4.90 Å². The number of nitrogens with zero attached hydrogens (tertiary/aromatic N) is 1. The standard InChI is InChI=1S/C18H21N3O2S/c1-13-4-2-5-15(12-13)19-17(22)14-7-9-21(10-8-14)18(23)20-16-6-3-11-24-16/h2-6,11-12,14H,7-10H2,1H3,(H,19,22)(H,20,23). The van der Waals surface area contributed by atoms with E-state index in [1.54, 1.807) is 4.90 Å². The number of nitrogens with one attached hydrogen (secondary N) is 2. The number of aryl methyl sites for hydroxylation is 1. The third-order valence-electron chi connectivity index (χ3n) is 4.19. The van der Waals surface area contributed by atoms with Crippen LogP contribution in [0.2, 0.25) is 0 Å². The Balaban J connectivity index is 1.49. The van der Waals surface area contributed by atoms with Crippen molar-refractivity contribution in [3.63, 3.8) is 0 Å². The van der Waals surface area contributed by atoms with E-state index in [-0.39, 0.29) is 17.9 Å². The van der Waals surface area contributed by atoms with Gasteiger partial charge in [-0.05, 0) is 55.0 Å². The molecule has 2 heterocycles. The number of hydrogen-bond acceptors (Lipinski definition) is 3. The second kappa shape index (κ2) is 7.49. The first-order valence-corrected chi connectivity index (χ1v) is 8.97. The molecule has 1 aliphatic heterocycles. The molecule has 0 spiro atoms. The van der Waals surface area contributed by atoms with E-state index in [1.807, 2.05) is 48.7 Å². The van der Waals surface area contributed by atoms with E-state index >= 15 is 0 Å². The van der Waals surface area contributed by atoms with Crippen molar-refractivity contribution in [1.29, 1.82) is 0 Å². The number of benzene rings is 1. The fraction of sp³-hybridized carbons (Fsp3) is 0.333. The van der Waals surface area contributed by atoms with Gasteiger partial charge in [-0.25, -0.2) is 4.79 Å². The van der Waals surface area contributed by atoms with Gasteiger partial charge in [0.2, 0.25) is 5.91 Å². The Morgan fingerprint density at radius 1 is 1.12 bits per heavy atom. The van der Waals surface area contributed by atoms with Gasteiger partial charge in [-0.15, -0.1) is 11.3 Å². The fourth-order valence-electron chi connectivity index (χ4n) is 2.85. The molecule has 1 aromatic carbocycles. The van der Waals surface area contributed by atoms with Crippen LogP contribution in [0.3, 0.4) is 0 Å². The Bertz CT molecular complexity index is 707. The highest BCUT2D eigenvalue weighted by Gasteiger charge is 2.27. The molecule has 1 fully saturated rings. The van der Waals surface area contributed by atoms with Gasteiger partial charge >= 0.3 is 6.03 Å². The minimum Gasteiger partial charge on any atom is -0.326 e. The van der Waals surface area contributed by atoms with Crippen LogP contribution in [0.5, 0.6) is 0 Å². The van der Waals surface area contributed by atoms with Crippen molar-refractivity contribution in [2.75, 3.05) is 23.7 Å². The number of anilines is 2. The van der Waals surface area contributed by atoms with E-state index in [0.717, 1.165) is 16.3 Å². The summed E-state index contributed by atoms with van der Waals surface area (Å²) in [7, 11) is 0. The zero-order valence-corrected chi connectivity index (χ0v) is 14.4. The molecule has 1 aromatic heterocycles. The van der Waals surface area contributed by atoms with Crippen LogP contribution in [0, 0.1) is 12.8 Å². The Morgan fingerprint density at radius 3 is 2.58 bits per heavy atom. The molecule has 3 rings (SSSR count). The summed E-state index contributed by atoms with van der Waals surface area (Å²) in [6.45, 7) is 3.20. The molecule has 0 bridgehead atoms. The zero-order chi connectivity index (χ0) is 16.9. The predicted molar refractivity (Wildman–Crippen MR) is 97.4 cm³/mol.